The van der Waals surface area contributed by atoms with E-state index in [0.29, 0.717) is 22.6 Å². The first-order valence-electron chi connectivity index (χ1n) is 6.05. The number of alkyl halides is 3. The molecule has 2 rings (SSSR count). The zero-order chi connectivity index (χ0) is 15.6. The summed E-state index contributed by atoms with van der Waals surface area (Å²) < 4.78 is 48.2. The predicted octanol–water partition coefficient (Wildman–Crippen LogP) is 3.97. The van der Waals surface area contributed by atoms with E-state index in [-0.39, 0.29) is 5.69 Å². The van der Waals surface area contributed by atoms with Gasteiger partial charge >= 0.3 is 6.18 Å². The van der Waals surface area contributed by atoms with Crippen LogP contribution >= 0.6 is 0 Å². The maximum absolute atomic E-state index is 12.6. The van der Waals surface area contributed by atoms with E-state index in [9.17, 15) is 13.2 Å². The van der Waals surface area contributed by atoms with Gasteiger partial charge in [0.2, 0.25) is 0 Å². The van der Waals surface area contributed by atoms with Crippen molar-refractivity contribution < 1.29 is 22.6 Å². The molecule has 0 spiro atoms. The Balaban J connectivity index is 2.52. The summed E-state index contributed by atoms with van der Waals surface area (Å²) in [7, 11) is 2.99. The van der Waals surface area contributed by atoms with Crippen molar-refractivity contribution in [2.75, 3.05) is 20.0 Å². The highest BCUT2D eigenvalue weighted by molar-refractivity contribution is 5.78. The fourth-order valence-corrected chi connectivity index (χ4v) is 1.96. The molecular formula is C15H14F3NO2. The van der Waals surface area contributed by atoms with Crippen LogP contribution in [0.2, 0.25) is 0 Å². The zero-order valence-corrected chi connectivity index (χ0v) is 11.5. The Labute approximate surface area is 120 Å². The van der Waals surface area contributed by atoms with Crippen molar-refractivity contribution in [1.29, 1.82) is 0 Å². The quantitative estimate of drug-likeness (QED) is 0.872. The lowest BCUT2D eigenvalue weighted by molar-refractivity contribution is -0.137. The van der Waals surface area contributed by atoms with Crippen molar-refractivity contribution in [2.24, 2.45) is 0 Å². The molecule has 112 valence electrons. The molecule has 0 aliphatic heterocycles. The van der Waals surface area contributed by atoms with Crippen LogP contribution in [0, 0.1) is 0 Å². The third-order valence-corrected chi connectivity index (χ3v) is 3.04. The first-order chi connectivity index (χ1) is 9.85. The maximum atomic E-state index is 12.6. The van der Waals surface area contributed by atoms with Gasteiger partial charge in [-0.25, -0.2) is 0 Å². The van der Waals surface area contributed by atoms with Gasteiger partial charge in [-0.1, -0.05) is 6.07 Å². The SMILES string of the molecule is COc1cc(OC)cc(-c2ccc(C(F)(F)F)cc2N)c1. The van der Waals surface area contributed by atoms with Gasteiger partial charge in [-0.05, 0) is 29.8 Å². The van der Waals surface area contributed by atoms with E-state index in [4.69, 9.17) is 15.2 Å². The van der Waals surface area contributed by atoms with Crippen LogP contribution in [0.1, 0.15) is 5.56 Å². The van der Waals surface area contributed by atoms with Gasteiger partial charge in [0.15, 0.2) is 0 Å². The number of ether oxygens (including phenoxy) is 2. The molecule has 2 aromatic carbocycles. The van der Waals surface area contributed by atoms with Crippen molar-refractivity contribution >= 4 is 5.69 Å². The second kappa shape index (κ2) is 5.55. The highest BCUT2D eigenvalue weighted by Gasteiger charge is 2.30. The number of nitrogens with two attached hydrogens (primary N) is 1. The van der Waals surface area contributed by atoms with Crippen LogP contribution in [0.25, 0.3) is 11.1 Å². The lowest BCUT2D eigenvalue weighted by atomic mass is 10.0. The lowest BCUT2D eigenvalue weighted by Crippen LogP contribution is -2.06. The monoisotopic (exact) mass is 297 g/mol. The second-order valence-electron chi connectivity index (χ2n) is 4.40. The number of nitrogen functional groups attached to an aromatic ring is 1. The average Bonchev–Trinajstić information content (AvgIpc) is 2.45. The van der Waals surface area contributed by atoms with Gasteiger partial charge in [-0.3, -0.25) is 0 Å². The number of anilines is 1. The van der Waals surface area contributed by atoms with E-state index in [2.05, 4.69) is 0 Å². The molecule has 0 saturated carbocycles. The molecule has 0 heterocycles. The minimum Gasteiger partial charge on any atom is -0.497 e. The summed E-state index contributed by atoms with van der Waals surface area (Å²) in [5.41, 5.74) is 6.12. The highest BCUT2D eigenvalue weighted by Crippen LogP contribution is 2.36. The summed E-state index contributed by atoms with van der Waals surface area (Å²) in [6.45, 7) is 0. The number of hydrogen-bond donors (Lipinski definition) is 1. The van der Waals surface area contributed by atoms with Gasteiger partial charge in [0.1, 0.15) is 11.5 Å². The molecule has 2 N–H and O–H groups in total. The first-order valence-corrected chi connectivity index (χ1v) is 6.05. The third kappa shape index (κ3) is 3.21. The Morgan fingerprint density at radius 3 is 1.90 bits per heavy atom. The molecule has 0 unspecified atom stereocenters. The largest absolute Gasteiger partial charge is 0.497 e. The normalized spacial score (nSPS) is 11.3. The molecule has 0 amide bonds. The Morgan fingerprint density at radius 2 is 1.48 bits per heavy atom. The molecule has 0 aliphatic carbocycles. The van der Waals surface area contributed by atoms with Crippen LogP contribution < -0.4 is 15.2 Å². The minimum absolute atomic E-state index is 0.0418. The standard InChI is InChI=1S/C15H14F3NO2/c1-20-11-5-9(6-12(8-11)21-2)13-4-3-10(7-14(13)19)15(16,17)18/h3-8H,19H2,1-2H3. The fraction of sp³-hybridized carbons (Fsp3) is 0.200. The summed E-state index contributed by atoms with van der Waals surface area (Å²) in [5, 5.41) is 0. The van der Waals surface area contributed by atoms with Crippen LogP contribution in [-0.2, 0) is 6.18 Å². The van der Waals surface area contributed by atoms with E-state index < -0.39 is 11.7 Å². The molecule has 21 heavy (non-hydrogen) atoms. The lowest BCUT2D eigenvalue weighted by Gasteiger charge is -2.13. The van der Waals surface area contributed by atoms with Gasteiger partial charge in [0.25, 0.3) is 0 Å². The third-order valence-electron chi connectivity index (χ3n) is 3.04. The van der Waals surface area contributed by atoms with Gasteiger partial charge < -0.3 is 15.2 Å². The molecule has 3 nitrogen and oxygen atoms in total. The Morgan fingerprint density at radius 1 is 0.905 bits per heavy atom. The summed E-state index contributed by atoms with van der Waals surface area (Å²) in [6, 6.07) is 8.29. The van der Waals surface area contributed by atoms with Crippen LogP contribution in [0.4, 0.5) is 18.9 Å². The molecule has 0 bridgehead atoms. The van der Waals surface area contributed by atoms with Gasteiger partial charge in [-0.2, -0.15) is 13.2 Å². The van der Waals surface area contributed by atoms with Crippen molar-refractivity contribution in [3.63, 3.8) is 0 Å². The Kier molecular flexibility index (Phi) is 3.97. The summed E-state index contributed by atoms with van der Waals surface area (Å²) in [6.07, 6.45) is -4.42. The molecule has 0 aliphatic rings. The zero-order valence-electron chi connectivity index (χ0n) is 11.5. The molecule has 0 aromatic heterocycles. The van der Waals surface area contributed by atoms with Crippen LogP contribution in [-0.4, -0.2) is 14.2 Å². The predicted molar refractivity (Wildman–Crippen MR) is 74.4 cm³/mol. The number of rotatable bonds is 3. The van der Waals surface area contributed by atoms with Gasteiger partial charge in [0, 0.05) is 17.3 Å². The minimum atomic E-state index is -4.42. The average molecular weight is 297 g/mol. The van der Waals surface area contributed by atoms with Crippen LogP contribution in [0.3, 0.4) is 0 Å². The molecule has 6 heteroatoms. The van der Waals surface area contributed by atoms with Crippen LogP contribution in [0.15, 0.2) is 36.4 Å². The van der Waals surface area contributed by atoms with Gasteiger partial charge in [0.05, 0.1) is 19.8 Å². The molecule has 2 aromatic rings. The Hall–Kier alpha value is -2.37. The van der Waals surface area contributed by atoms with E-state index >= 15 is 0 Å². The van der Waals surface area contributed by atoms with E-state index in [1.165, 1.54) is 20.3 Å². The number of methoxy groups -OCH3 is 2. The highest BCUT2D eigenvalue weighted by atomic mass is 19.4. The van der Waals surface area contributed by atoms with Crippen molar-refractivity contribution in [3.05, 3.63) is 42.0 Å². The first kappa shape index (κ1) is 15.0. The fourth-order valence-electron chi connectivity index (χ4n) is 1.96. The summed E-state index contributed by atoms with van der Waals surface area (Å²) >= 11 is 0. The van der Waals surface area contributed by atoms with E-state index in [1.807, 2.05) is 0 Å². The van der Waals surface area contributed by atoms with Crippen molar-refractivity contribution in [2.45, 2.75) is 6.18 Å². The topological polar surface area (TPSA) is 44.5 Å². The summed E-state index contributed by atoms with van der Waals surface area (Å²) in [4.78, 5) is 0. The smallest absolute Gasteiger partial charge is 0.416 e. The molecular weight excluding hydrogens is 283 g/mol. The Bertz CT molecular complexity index is 632. The molecule has 0 saturated heterocycles. The van der Waals surface area contributed by atoms with Gasteiger partial charge in [-0.15, -0.1) is 0 Å². The maximum Gasteiger partial charge on any atom is 0.416 e. The molecule has 0 fully saturated rings. The number of benzene rings is 2. The van der Waals surface area contributed by atoms with E-state index in [0.717, 1.165) is 12.1 Å². The van der Waals surface area contributed by atoms with Crippen molar-refractivity contribution in [3.8, 4) is 22.6 Å². The number of halogens is 3. The van der Waals surface area contributed by atoms with Crippen molar-refractivity contribution in [1.82, 2.24) is 0 Å². The number of hydrogen-bond acceptors (Lipinski definition) is 3. The molecule has 0 radical (unpaired) electrons. The van der Waals surface area contributed by atoms with E-state index in [1.54, 1.807) is 18.2 Å². The van der Waals surface area contributed by atoms with Crippen LogP contribution in [0.5, 0.6) is 11.5 Å². The molecule has 0 atom stereocenters. The second-order valence-corrected chi connectivity index (χ2v) is 4.40. The summed E-state index contributed by atoms with van der Waals surface area (Å²) in [5.74, 6) is 1.06.